The Morgan fingerprint density at radius 1 is 1.27 bits per heavy atom. The normalized spacial score (nSPS) is 17.9. The molecular weight excluding hydrogens is 446 g/mol. The molecule has 0 aliphatic carbocycles. The van der Waals surface area contributed by atoms with Crippen molar-refractivity contribution in [3.8, 4) is 0 Å². The van der Waals surface area contributed by atoms with Crippen LogP contribution in [0.1, 0.15) is 36.0 Å². The highest BCUT2D eigenvalue weighted by molar-refractivity contribution is 9.10. The predicted molar refractivity (Wildman–Crippen MR) is 122 cm³/mol. The van der Waals surface area contributed by atoms with Gasteiger partial charge in [-0.05, 0) is 48.2 Å². The summed E-state index contributed by atoms with van der Waals surface area (Å²) >= 11 is 3.51. The van der Waals surface area contributed by atoms with Crippen LogP contribution in [0.2, 0.25) is 0 Å². The molecule has 6 nitrogen and oxygen atoms in total. The molecule has 162 valence electrons. The Hall–Kier alpha value is -1.93. The minimum Gasteiger partial charge on any atom is -0.380 e. The number of ether oxygens (including phenoxy) is 1. The highest BCUT2D eigenvalue weighted by Gasteiger charge is 2.27. The van der Waals surface area contributed by atoms with Gasteiger partial charge in [-0.1, -0.05) is 40.2 Å². The van der Waals surface area contributed by atoms with Crippen molar-refractivity contribution < 1.29 is 14.4 Å². The van der Waals surface area contributed by atoms with Gasteiger partial charge in [-0.15, -0.1) is 0 Å². The van der Waals surface area contributed by atoms with Gasteiger partial charge < -0.3 is 15.0 Å². The van der Waals surface area contributed by atoms with Gasteiger partial charge in [0.15, 0.2) is 0 Å². The Morgan fingerprint density at radius 3 is 2.87 bits per heavy atom. The molecule has 7 heteroatoms. The van der Waals surface area contributed by atoms with Crippen LogP contribution in [-0.4, -0.2) is 44.2 Å². The number of fused-ring (bicyclic) bond motifs is 1. The lowest BCUT2D eigenvalue weighted by Gasteiger charge is -2.32. The van der Waals surface area contributed by atoms with E-state index in [1.54, 1.807) is 12.0 Å². The summed E-state index contributed by atoms with van der Waals surface area (Å²) in [5.41, 5.74) is 7.51. The minimum absolute atomic E-state index is 0.0530. The first kappa shape index (κ1) is 22.7. The second kappa shape index (κ2) is 10.9. The number of hydrogen-bond acceptors (Lipinski definition) is 5. The Bertz CT molecular complexity index is 861. The lowest BCUT2D eigenvalue weighted by Crippen LogP contribution is -2.37. The Kier molecular flexibility index (Phi) is 8.27. The number of nitrogens with zero attached hydrogens (tertiary/aromatic N) is 1. The van der Waals surface area contributed by atoms with Crippen LogP contribution in [0.4, 0.5) is 5.69 Å². The van der Waals surface area contributed by atoms with Crippen molar-refractivity contribution in [1.29, 1.82) is 0 Å². The summed E-state index contributed by atoms with van der Waals surface area (Å²) < 4.78 is 6.28. The van der Waals surface area contributed by atoms with Crippen molar-refractivity contribution in [3.05, 3.63) is 63.6 Å². The van der Waals surface area contributed by atoms with Gasteiger partial charge in [-0.3, -0.25) is 15.1 Å². The number of nitrogens with one attached hydrogen (secondary N) is 2. The summed E-state index contributed by atoms with van der Waals surface area (Å²) in [6.07, 6.45) is 0.906. The molecule has 0 radical (unpaired) electrons. The molecule has 0 fully saturated rings. The summed E-state index contributed by atoms with van der Waals surface area (Å²) in [6, 6.07) is 14.3. The van der Waals surface area contributed by atoms with Gasteiger partial charge in [-0.25, -0.2) is 0 Å². The van der Waals surface area contributed by atoms with E-state index in [0.717, 1.165) is 27.7 Å². The Balaban J connectivity index is 1.50. The van der Waals surface area contributed by atoms with Crippen molar-refractivity contribution in [2.45, 2.75) is 38.5 Å². The summed E-state index contributed by atoms with van der Waals surface area (Å²) in [7, 11) is 3.54. The number of hydrogen-bond donors (Lipinski definition) is 2. The second-order valence-electron chi connectivity index (χ2n) is 7.67. The Morgan fingerprint density at radius 2 is 2.07 bits per heavy atom. The number of para-hydroxylation sites is 1. The molecule has 0 saturated carbocycles. The van der Waals surface area contributed by atoms with Crippen LogP contribution in [0.3, 0.4) is 0 Å². The van der Waals surface area contributed by atoms with Crippen molar-refractivity contribution in [3.63, 3.8) is 0 Å². The van der Waals surface area contributed by atoms with E-state index < -0.39 is 0 Å². The molecule has 2 atom stereocenters. The highest BCUT2D eigenvalue weighted by Crippen LogP contribution is 2.35. The minimum atomic E-state index is 0.0530. The van der Waals surface area contributed by atoms with E-state index in [-0.39, 0.29) is 17.9 Å². The number of benzene rings is 2. The summed E-state index contributed by atoms with van der Waals surface area (Å²) in [5.74, 6) is 0.331. The van der Waals surface area contributed by atoms with Gasteiger partial charge >= 0.3 is 0 Å². The molecule has 2 aromatic carbocycles. The molecule has 0 spiro atoms. The molecule has 0 saturated heterocycles. The van der Waals surface area contributed by atoms with Crippen LogP contribution < -0.4 is 10.8 Å². The Labute approximate surface area is 187 Å². The first-order valence-electron chi connectivity index (χ1n) is 10.2. The van der Waals surface area contributed by atoms with Crippen LogP contribution >= 0.6 is 15.9 Å². The smallest absolute Gasteiger partial charge is 0.236 e. The van der Waals surface area contributed by atoms with E-state index in [1.165, 1.54) is 5.56 Å². The molecule has 0 aromatic heterocycles. The zero-order valence-electron chi connectivity index (χ0n) is 17.8. The fourth-order valence-corrected chi connectivity index (χ4v) is 4.16. The second-order valence-corrected chi connectivity index (χ2v) is 8.59. The van der Waals surface area contributed by atoms with Crippen molar-refractivity contribution in [2.75, 3.05) is 32.7 Å². The van der Waals surface area contributed by atoms with E-state index in [4.69, 9.17) is 9.57 Å². The molecule has 2 unspecified atom stereocenters. The first-order valence-corrected chi connectivity index (χ1v) is 11.0. The number of amides is 1. The average molecular weight is 476 g/mol. The van der Waals surface area contributed by atoms with E-state index in [0.29, 0.717) is 26.2 Å². The fourth-order valence-electron chi connectivity index (χ4n) is 3.75. The molecular formula is C23H30BrN3O3. The fraction of sp³-hybridized carbons (Fsp3) is 0.435. The van der Waals surface area contributed by atoms with E-state index >= 15 is 0 Å². The maximum atomic E-state index is 12.6. The van der Waals surface area contributed by atoms with E-state index in [1.807, 2.05) is 37.4 Å². The quantitative estimate of drug-likeness (QED) is 0.572. The first-order chi connectivity index (χ1) is 14.5. The largest absolute Gasteiger partial charge is 0.380 e. The number of carbonyl (C=O) groups excluding carboxylic acids is 1. The molecule has 1 heterocycles. The van der Waals surface area contributed by atoms with Crippen LogP contribution in [0, 0.1) is 0 Å². The molecule has 0 bridgehead atoms. The lowest BCUT2D eigenvalue weighted by molar-refractivity contribution is -0.129. The number of carbonyl (C=O) groups is 1. The van der Waals surface area contributed by atoms with Crippen LogP contribution in [0.5, 0.6) is 0 Å². The van der Waals surface area contributed by atoms with Crippen molar-refractivity contribution in [1.82, 2.24) is 10.2 Å². The van der Waals surface area contributed by atoms with Gasteiger partial charge in [0, 0.05) is 37.6 Å². The van der Waals surface area contributed by atoms with Crippen LogP contribution in [0.15, 0.2) is 46.9 Å². The van der Waals surface area contributed by atoms with Crippen LogP contribution in [-0.2, 0) is 27.5 Å². The third-order valence-corrected chi connectivity index (χ3v) is 6.04. The van der Waals surface area contributed by atoms with E-state index in [2.05, 4.69) is 45.8 Å². The summed E-state index contributed by atoms with van der Waals surface area (Å²) in [5, 5.41) is 3.27. The zero-order chi connectivity index (χ0) is 21.5. The molecule has 30 heavy (non-hydrogen) atoms. The van der Waals surface area contributed by atoms with Gasteiger partial charge in [0.05, 0.1) is 24.9 Å². The van der Waals surface area contributed by atoms with Gasteiger partial charge in [0.1, 0.15) is 0 Å². The van der Waals surface area contributed by atoms with Crippen LogP contribution in [0.25, 0.3) is 0 Å². The maximum absolute atomic E-state index is 12.6. The third kappa shape index (κ3) is 5.82. The number of anilines is 1. The topological polar surface area (TPSA) is 62.8 Å². The number of halogens is 1. The SMILES string of the molecule is COCc1ccc(Br)cc1CNCC(=O)N(C)CCC1c2ccccc2NOC1C. The van der Waals surface area contributed by atoms with E-state index in [9.17, 15) is 4.79 Å². The predicted octanol–water partition coefficient (Wildman–Crippen LogP) is 4.06. The molecule has 2 N–H and O–H groups in total. The molecule has 2 aromatic rings. The molecule has 1 aliphatic heterocycles. The summed E-state index contributed by atoms with van der Waals surface area (Å²) in [6.45, 7) is 4.20. The molecule has 1 amide bonds. The highest BCUT2D eigenvalue weighted by atomic mass is 79.9. The number of likely N-dealkylation sites (N-methyl/N-ethyl adjacent to an activating group) is 1. The standard InChI is InChI=1S/C23H30BrN3O3/c1-16-20(21-6-4-5-7-22(21)26-30-16)10-11-27(2)23(28)14-25-13-18-12-19(24)9-8-17(18)15-29-3/h4-9,12,16,20,25-26H,10-11,13-15H2,1-3H3. The number of methoxy groups -OCH3 is 1. The third-order valence-electron chi connectivity index (χ3n) is 5.54. The molecule has 3 rings (SSSR count). The number of rotatable bonds is 9. The zero-order valence-corrected chi connectivity index (χ0v) is 19.4. The lowest BCUT2D eigenvalue weighted by atomic mass is 9.89. The molecule has 1 aliphatic rings. The van der Waals surface area contributed by atoms with Gasteiger partial charge in [0.2, 0.25) is 5.91 Å². The van der Waals surface area contributed by atoms with Crippen molar-refractivity contribution in [2.24, 2.45) is 0 Å². The van der Waals surface area contributed by atoms with Crippen molar-refractivity contribution >= 4 is 27.5 Å². The van der Waals surface area contributed by atoms with Gasteiger partial charge in [-0.2, -0.15) is 0 Å². The monoisotopic (exact) mass is 475 g/mol. The maximum Gasteiger partial charge on any atom is 0.236 e. The summed E-state index contributed by atoms with van der Waals surface area (Å²) in [4.78, 5) is 20.1. The van der Waals surface area contributed by atoms with Gasteiger partial charge in [0.25, 0.3) is 0 Å². The average Bonchev–Trinajstić information content (AvgIpc) is 2.74.